The Morgan fingerprint density at radius 1 is 1.14 bits per heavy atom. The number of nitrogens with zero attached hydrogens (tertiary/aromatic N) is 4. The van der Waals surface area contributed by atoms with Crippen molar-refractivity contribution < 1.29 is 26.4 Å². The van der Waals surface area contributed by atoms with E-state index in [1.165, 1.54) is 28.6 Å². The molecule has 36 heavy (non-hydrogen) atoms. The van der Waals surface area contributed by atoms with Crippen molar-refractivity contribution in [3.8, 4) is 0 Å². The van der Waals surface area contributed by atoms with Crippen LogP contribution in [0.2, 0.25) is 0 Å². The Morgan fingerprint density at radius 2 is 1.83 bits per heavy atom. The summed E-state index contributed by atoms with van der Waals surface area (Å²) in [5.41, 5.74) is 1.08. The molecule has 2 aliphatic rings. The van der Waals surface area contributed by atoms with Crippen molar-refractivity contribution in [3.05, 3.63) is 64.9 Å². The van der Waals surface area contributed by atoms with Gasteiger partial charge in [-0.15, -0.1) is 0 Å². The number of aromatic nitrogens is 1. The molecule has 4 rings (SSSR count). The summed E-state index contributed by atoms with van der Waals surface area (Å²) in [4.78, 5) is 21.5. The number of sulfonamides is 1. The van der Waals surface area contributed by atoms with Crippen LogP contribution in [0.15, 0.2) is 42.6 Å². The average Bonchev–Trinajstić information content (AvgIpc) is 2.77. The Kier molecular flexibility index (Phi) is 7.42. The maximum absolute atomic E-state index is 13.2. The van der Waals surface area contributed by atoms with Crippen LogP contribution in [0.25, 0.3) is 6.08 Å². The molecular formula is C25H29F3N4O3S. The van der Waals surface area contributed by atoms with E-state index in [9.17, 15) is 26.4 Å². The van der Waals surface area contributed by atoms with E-state index in [1.54, 1.807) is 11.1 Å². The summed E-state index contributed by atoms with van der Waals surface area (Å²) in [6.45, 7) is 6.22. The van der Waals surface area contributed by atoms with Crippen molar-refractivity contribution in [2.45, 2.75) is 32.5 Å². The third kappa shape index (κ3) is 5.73. The van der Waals surface area contributed by atoms with E-state index in [0.717, 1.165) is 43.0 Å². The molecule has 7 nitrogen and oxygen atoms in total. The molecular weight excluding hydrogens is 493 g/mol. The number of halogens is 3. The number of hydrogen-bond acceptors (Lipinski definition) is 5. The molecule has 2 aliphatic heterocycles. The number of pyridine rings is 1. The minimum Gasteiger partial charge on any atom is -0.356 e. The second-order valence-electron chi connectivity index (χ2n) is 9.20. The summed E-state index contributed by atoms with van der Waals surface area (Å²) in [5.74, 6) is 0.417. The molecule has 3 heterocycles. The lowest BCUT2D eigenvalue weighted by molar-refractivity contribution is -0.137. The first-order valence-corrected chi connectivity index (χ1v) is 13.4. The number of alkyl halides is 3. The number of hydrogen-bond donors (Lipinski definition) is 0. The first kappa shape index (κ1) is 26.2. The van der Waals surface area contributed by atoms with Crippen LogP contribution in [0.4, 0.5) is 19.0 Å². The predicted molar refractivity (Wildman–Crippen MR) is 132 cm³/mol. The van der Waals surface area contributed by atoms with Crippen LogP contribution >= 0.6 is 0 Å². The molecule has 2 saturated heterocycles. The molecule has 0 aliphatic carbocycles. The van der Waals surface area contributed by atoms with Gasteiger partial charge in [0.15, 0.2) is 0 Å². The van der Waals surface area contributed by atoms with Crippen molar-refractivity contribution in [1.29, 1.82) is 0 Å². The van der Waals surface area contributed by atoms with E-state index in [0.29, 0.717) is 11.1 Å². The smallest absolute Gasteiger partial charge is 0.356 e. The molecule has 1 amide bonds. The summed E-state index contributed by atoms with van der Waals surface area (Å²) in [6.07, 6.45) is 1.23. The fourth-order valence-corrected chi connectivity index (χ4v) is 5.66. The number of benzene rings is 1. The topological polar surface area (TPSA) is 73.8 Å². The number of aryl methyl sites for hydroxylation is 1. The minimum absolute atomic E-state index is 0.165. The molecule has 1 atom stereocenters. The summed E-state index contributed by atoms with van der Waals surface area (Å²) < 4.78 is 65.1. The van der Waals surface area contributed by atoms with Gasteiger partial charge in [0.2, 0.25) is 10.0 Å². The zero-order chi connectivity index (χ0) is 26.1. The molecule has 11 heteroatoms. The maximum Gasteiger partial charge on any atom is 0.416 e. The number of amides is 1. The Hall–Kier alpha value is -2.92. The minimum atomic E-state index is -4.42. The van der Waals surface area contributed by atoms with Gasteiger partial charge < -0.3 is 9.80 Å². The Balaban J connectivity index is 1.35. The first-order valence-electron chi connectivity index (χ1n) is 11.8. The van der Waals surface area contributed by atoms with Gasteiger partial charge in [-0.3, -0.25) is 4.79 Å². The molecule has 1 aromatic carbocycles. The van der Waals surface area contributed by atoms with Crippen LogP contribution in [0.1, 0.15) is 40.4 Å². The fraction of sp³-hybridized carbons (Fsp3) is 0.440. The zero-order valence-electron chi connectivity index (χ0n) is 20.2. The van der Waals surface area contributed by atoms with Gasteiger partial charge in [-0.1, -0.05) is 24.3 Å². The maximum atomic E-state index is 13.2. The predicted octanol–water partition coefficient (Wildman–Crippen LogP) is 3.81. The standard InChI is InChI=1S/C25H29F3N4O3S/c1-18-15-23(30-10-4-11-30)29-16-22(18)24(33)32-13-12-31(17-19(32)2)36(34,35)14-3-5-20-6-8-21(9-7-20)25(26,27)28/h3,5-9,15-16,19H,4,10-14,17H2,1-2H3. The van der Waals surface area contributed by atoms with Crippen LogP contribution in [0, 0.1) is 6.92 Å². The first-order chi connectivity index (χ1) is 17.0. The Bertz CT molecular complexity index is 1240. The molecule has 1 aromatic heterocycles. The largest absolute Gasteiger partial charge is 0.416 e. The monoisotopic (exact) mass is 522 g/mol. The molecule has 194 valence electrons. The lowest BCUT2D eigenvalue weighted by atomic mass is 10.1. The molecule has 2 fully saturated rings. The number of piperazine rings is 1. The molecule has 0 spiro atoms. The fourth-order valence-electron chi connectivity index (χ4n) is 4.31. The van der Waals surface area contributed by atoms with Gasteiger partial charge >= 0.3 is 6.18 Å². The van der Waals surface area contributed by atoms with E-state index in [2.05, 4.69) is 9.88 Å². The van der Waals surface area contributed by atoms with Crippen LogP contribution in [-0.4, -0.2) is 73.0 Å². The second-order valence-corrected chi connectivity index (χ2v) is 11.2. The summed E-state index contributed by atoms with van der Waals surface area (Å²) in [6, 6.07) is 6.11. The highest BCUT2D eigenvalue weighted by atomic mass is 32.2. The van der Waals surface area contributed by atoms with Gasteiger partial charge in [-0.05, 0) is 49.6 Å². The van der Waals surface area contributed by atoms with Gasteiger partial charge in [0, 0.05) is 45.0 Å². The average molecular weight is 523 g/mol. The highest BCUT2D eigenvalue weighted by Gasteiger charge is 2.34. The van der Waals surface area contributed by atoms with Crippen LogP contribution in [0.5, 0.6) is 0 Å². The number of anilines is 1. The third-order valence-corrected chi connectivity index (χ3v) is 8.34. The summed E-state index contributed by atoms with van der Waals surface area (Å²) in [5, 5.41) is 0. The van der Waals surface area contributed by atoms with E-state index < -0.39 is 21.8 Å². The second kappa shape index (κ2) is 10.2. The van der Waals surface area contributed by atoms with Gasteiger partial charge in [0.1, 0.15) is 5.82 Å². The van der Waals surface area contributed by atoms with Gasteiger partial charge in [0.05, 0.1) is 16.9 Å². The van der Waals surface area contributed by atoms with Crippen molar-refractivity contribution >= 4 is 27.8 Å². The lowest BCUT2D eigenvalue weighted by Gasteiger charge is -2.39. The normalized spacial score (nSPS) is 19.5. The van der Waals surface area contributed by atoms with Crippen molar-refractivity contribution in [2.24, 2.45) is 0 Å². The lowest BCUT2D eigenvalue weighted by Crippen LogP contribution is -2.55. The number of carbonyl (C=O) groups excluding carboxylic acids is 1. The molecule has 0 bridgehead atoms. The molecule has 0 N–H and O–H groups in total. The van der Waals surface area contributed by atoms with E-state index >= 15 is 0 Å². The van der Waals surface area contributed by atoms with E-state index in [1.807, 2.05) is 19.9 Å². The van der Waals surface area contributed by atoms with Crippen LogP contribution < -0.4 is 4.90 Å². The molecule has 1 unspecified atom stereocenters. The van der Waals surface area contributed by atoms with E-state index in [-0.39, 0.29) is 37.3 Å². The van der Waals surface area contributed by atoms with Crippen molar-refractivity contribution in [1.82, 2.24) is 14.2 Å². The highest BCUT2D eigenvalue weighted by Crippen LogP contribution is 2.29. The van der Waals surface area contributed by atoms with Gasteiger partial charge in [0.25, 0.3) is 5.91 Å². The third-order valence-electron chi connectivity index (χ3n) is 6.61. The van der Waals surface area contributed by atoms with Crippen molar-refractivity contribution in [3.63, 3.8) is 0 Å². The highest BCUT2D eigenvalue weighted by molar-refractivity contribution is 7.89. The van der Waals surface area contributed by atoms with Gasteiger partial charge in [-0.2, -0.15) is 17.5 Å². The van der Waals surface area contributed by atoms with Crippen LogP contribution in [-0.2, 0) is 16.2 Å². The number of carbonyl (C=O) groups is 1. The van der Waals surface area contributed by atoms with Crippen molar-refractivity contribution in [2.75, 3.05) is 43.4 Å². The molecule has 0 saturated carbocycles. The quantitative estimate of drug-likeness (QED) is 0.577. The molecule has 0 radical (unpaired) electrons. The number of rotatable bonds is 6. The van der Waals surface area contributed by atoms with Crippen LogP contribution in [0.3, 0.4) is 0 Å². The summed E-state index contributed by atoms with van der Waals surface area (Å²) in [7, 11) is -3.64. The summed E-state index contributed by atoms with van der Waals surface area (Å²) >= 11 is 0. The molecule has 2 aromatic rings. The Morgan fingerprint density at radius 3 is 2.39 bits per heavy atom. The SMILES string of the molecule is Cc1cc(N2CCC2)ncc1C(=O)N1CCN(S(=O)(=O)CC=Cc2ccc(C(F)(F)F)cc2)CC1C. The van der Waals surface area contributed by atoms with Gasteiger partial charge in [-0.25, -0.2) is 13.4 Å². The Labute approximate surface area is 209 Å². The zero-order valence-corrected chi connectivity index (χ0v) is 21.0. The van der Waals surface area contributed by atoms with E-state index in [4.69, 9.17) is 0 Å².